The summed E-state index contributed by atoms with van der Waals surface area (Å²) in [6.45, 7) is -0.296. The Bertz CT molecular complexity index is 1210. The van der Waals surface area contributed by atoms with E-state index in [0.29, 0.717) is 5.75 Å². The fraction of sp³-hybridized carbons (Fsp3) is 0.0870. The van der Waals surface area contributed by atoms with Gasteiger partial charge in [-0.3, -0.25) is 0 Å². The van der Waals surface area contributed by atoms with Gasteiger partial charge in [0.05, 0.1) is 5.69 Å². The summed E-state index contributed by atoms with van der Waals surface area (Å²) in [6, 6.07) is 18.1. The van der Waals surface area contributed by atoms with Crippen molar-refractivity contribution in [3.63, 3.8) is 0 Å². The van der Waals surface area contributed by atoms with Crippen LogP contribution >= 0.6 is 0 Å². The Balaban J connectivity index is 1.60. The Labute approximate surface area is 180 Å². The molecule has 0 aliphatic heterocycles. The number of nitrogens with zero attached hydrogens (tertiary/aromatic N) is 2. The van der Waals surface area contributed by atoms with Crippen LogP contribution in [0, 0.1) is 0 Å². The SMILES string of the molecule is Oc1ccc(-c2ccc(OCc3cc(C(F)(F)F)nn3-c3c(O)cccc3O)cc2)cc1. The van der Waals surface area contributed by atoms with Gasteiger partial charge in [0.1, 0.15) is 35.3 Å². The van der Waals surface area contributed by atoms with Crippen molar-refractivity contribution in [1.82, 2.24) is 9.78 Å². The molecular formula is C23H17F3N2O4. The molecular weight excluding hydrogens is 425 g/mol. The number of benzene rings is 3. The van der Waals surface area contributed by atoms with E-state index in [-0.39, 0.29) is 23.7 Å². The lowest BCUT2D eigenvalue weighted by molar-refractivity contribution is -0.141. The Morgan fingerprint density at radius 3 is 1.94 bits per heavy atom. The Morgan fingerprint density at radius 2 is 1.38 bits per heavy atom. The van der Waals surface area contributed by atoms with Gasteiger partial charge in [-0.2, -0.15) is 18.3 Å². The normalized spacial score (nSPS) is 11.5. The van der Waals surface area contributed by atoms with Crippen LogP contribution in [0.25, 0.3) is 16.8 Å². The summed E-state index contributed by atoms with van der Waals surface area (Å²) in [5, 5.41) is 33.0. The van der Waals surface area contributed by atoms with Gasteiger partial charge in [-0.15, -0.1) is 0 Å². The zero-order chi connectivity index (χ0) is 22.9. The molecule has 3 aromatic carbocycles. The van der Waals surface area contributed by atoms with Crippen LogP contribution < -0.4 is 4.74 Å². The topological polar surface area (TPSA) is 87.7 Å². The molecule has 0 spiro atoms. The molecule has 3 N–H and O–H groups in total. The monoisotopic (exact) mass is 442 g/mol. The van der Waals surface area contributed by atoms with Crippen molar-refractivity contribution in [3.05, 3.63) is 84.2 Å². The maximum atomic E-state index is 13.2. The van der Waals surface area contributed by atoms with Gasteiger partial charge in [-0.05, 0) is 53.6 Å². The molecule has 164 valence electrons. The number of alkyl halides is 3. The van der Waals surface area contributed by atoms with Gasteiger partial charge >= 0.3 is 6.18 Å². The van der Waals surface area contributed by atoms with Crippen LogP contribution in [-0.4, -0.2) is 25.1 Å². The highest BCUT2D eigenvalue weighted by atomic mass is 19.4. The quantitative estimate of drug-likeness (QED) is 0.393. The third-order valence-corrected chi connectivity index (χ3v) is 4.72. The number of hydrogen-bond acceptors (Lipinski definition) is 5. The van der Waals surface area contributed by atoms with Crippen LogP contribution in [0.4, 0.5) is 13.2 Å². The van der Waals surface area contributed by atoms with Crippen molar-refractivity contribution < 1.29 is 33.2 Å². The van der Waals surface area contributed by atoms with E-state index < -0.39 is 23.4 Å². The molecule has 1 aromatic heterocycles. The van der Waals surface area contributed by atoms with Crippen LogP contribution in [0.1, 0.15) is 11.4 Å². The first-order chi connectivity index (χ1) is 15.2. The number of aromatic hydroxyl groups is 3. The second-order valence-corrected chi connectivity index (χ2v) is 6.94. The van der Waals surface area contributed by atoms with Gasteiger partial charge in [-0.25, -0.2) is 4.68 Å². The first-order valence-corrected chi connectivity index (χ1v) is 9.42. The van der Waals surface area contributed by atoms with Crippen molar-refractivity contribution in [1.29, 1.82) is 0 Å². The smallest absolute Gasteiger partial charge is 0.435 e. The first-order valence-electron chi connectivity index (χ1n) is 9.42. The van der Waals surface area contributed by atoms with Gasteiger partial charge in [0, 0.05) is 0 Å². The zero-order valence-electron chi connectivity index (χ0n) is 16.4. The maximum Gasteiger partial charge on any atom is 0.435 e. The number of phenols is 3. The Kier molecular flexibility index (Phi) is 5.40. The van der Waals surface area contributed by atoms with Crippen LogP contribution in [0.15, 0.2) is 72.8 Å². The Hall–Kier alpha value is -4.14. The lowest BCUT2D eigenvalue weighted by atomic mass is 10.1. The van der Waals surface area contributed by atoms with E-state index in [1.807, 2.05) is 0 Å². The second kappa shape index (κ2) is 8.18. The van der Waals surface area contributed by atoms with E-state index in [9.17, 15) is 28.5 Å². The predicted octanol–water partition coefficient (Wildman–Crippen LogP) is 5.25. The molecule has 0 atom stereocenters. The number of ether oxygens (including phenoxy) is 1. The lowest BCUT2D eigenvalue weighted by Crippen LogP contribution is -2.08. The third kappa shape index (κ3) is 4.31. The number of para-hydroxylation sites is 1. The fourth-order valence-corrected chi connectivity index (χ4v) is 3.15. The average molecular weight is 442 g/mol. The van der Waals surface area contributed by atoms with Crippen LogP contribution in [0.2, 0.25) is 0 Å². The summed E-state index contributed by atoms with van der Waals surface area (Å²) >= 11 is 0. The number of aromatic nitrogens is 2. The molecule has 4 aromatic rings. The van der Waals surface area contributed by atoms with Crippen molar-refractivity contribution in [2.75, 3.05) is 0 Å². The van der Waals surface area contributed by atoms with Gasteiger partial charge in [-0.1, -0.05) is 30.3 Å². The summed E-state index contributed by atoms with van der Waals surface area (Å²) in [5.41, 5.74) is 0.264. The largest absolute Gasteiger partial charge is 0.508 e. The maximum absolute atomic E-state index is 13.2. The molecule has 0 saturated heterocycles. The van der Waals surface area contributed by atoms with Gasteiger partial charge < -0.3 is 20.1 Å². The van der Waals surface area contributed by atoms with Gasteiger partial charge in [0.25, 0.3) is 0 Å². The number of halogens is 3. The Morgan fingerprint density at radius 1 is 0.812 bits per heavy atom. The molecule has 0 radical (unpaired) electrons. The predicted molar refractivity (Wildman–Crippen MR) is 110 cm³/mol. The molecule has 6 nitrogen and oxygen atoms in total. The third-order valence-electron chi connectivity index (χ3n) is 4.72. The minimum atomic E-state index is -4.72. The standard InChI is InChI=1S/C23H17F3N2O4/c24-23(25,26)21-12-16(28(27-21)22-19(30)2-1-3-20(22)31)13-32-18-10-6-15(7-11-18)14-4-8-17(29)9-5-14/h1-12,29-31H,13H2. The summed E-state index contributed by atoms with van der Waals surface area (Å²) in [5.74, 6) is -0.308. The van der Waals surface area contributed by atoms with E-state index in [1.165, 1.54) is 18.2 Å². The van der Waals surface area contributed by atoms with Crippen molar-refractivity contribution in [2.45, 2.75) is 12.8 Å². The highest BCUT2D eigenvalue weighted by molar-refractivity contribution is 5.64. The van der Waals surface area contributed by atoms with E-state index in [2.05, 4.69) is 5.10 Å². The molecule has 0 saturated carbocycles. The average Bonchev–Trinajstić information content (AvgIpc) is 3.17. The van der Waals surface area contributed by atoms with Crippen LogP contribution in [-0.2, 0) is 12.8 Å². The molecule has 32 heavy (non-hydrogen) atoms. The number of hydrogen-bond donors (Lipinski definition) is 3. The van der Waals surface area contributed by atoms with Gasteiger partial charge in [0.15, 0.2) is 5.69 Å². The molecule has 9 heteroatoms. The second-order valence-electron chi connectivity index (χ2n) is 6.94. The highest BCUT2D eigenvalue weighted by Crippen LogP contribution is 2.35. The highest BCUT2D eigenvalue weighted by Gasteiger charge is 2.35. The molecule has 0 aliphatic carbocycles. The number of phenolic OH excluding ortho intramolecular Hbond substituents is 3. The fourth-order valence-electron chi connectivity index (χ4n) is 3.15. The van der Waals surface area contributed by atoms with E-state index in [4.69, 9.17) is 4.74 Å². The van der Waals surface area contributed by atoms with Crippen molar-refractivity contribution in [2.24, 2.45) is 0 Å². The van der Waals surface area contributed by atoms with Crippen molar-refractivity contribution in [3.8, 4) is 39.8 Å². The zero-order valence-corrected chi connectivity index (χ0v) is 16.4. The van der Waals surface area contributed by atoms with Crippen molar-refractivity contribution >= 4 is 0 Å². The van der Waals surface area contributed by atoms with E-state index in [1.54, 1.807) is 48.5 Å². The first kappa shape index (κ1) is 21.1. The molecule has 1 heterocycles. The summed E-state index contributed by atoms with van der Waals surface area (Å²) in [4.78, 5) is 0. The summed E-state index contributed by atoms with van der Waals surface area (Å²) in [6.07, 6.45) is -4.72. The molecule has 0 unspecified atom stereocenters. The molecule has 0 amide bonds. The van der Waals surface area contributed by atoms with E-state index >= 15 is 0 Å². The number of rotatable bonds is 5. The van der Waals surface area contributed by atoms with Crippen LogP contribution in [0.5, 0.6) is 23.0 Å². The molecule has 0 aliphatic rings. The van der Waals surface area contributed by atoms with Gasteiger partial charge in [0.2, 0.25) is 0 Å². The summed E-state index contributed by atoms with van der Waals surface area (Å²) < 4.78 is 46.2. The molecule has 4 rings (SSSR count). The minimum absolute atomic E-state index is 0.0169. The molecule has 0 bridgehead atoms. The van der Waals surface area contributed by atoms with E-state index in [0.717, 1.165) is 21.9 Å². The minimum Gasteiger partial charge on any atom is -0.508 e. The van der Waals surface area contributed by atoms with Crippen LogP contribution in [0.3, 0.4) is 0 Å². The lowest BCUT2D eigenvalue weighted by Gasteiger charge is -2.12. The molecule has 0 fully saturated rings. The summed E-state index contributed by atoms with van der Waals surface area (Å²) in [7, 11) is 0.